The molecule has 0 aliphatic carbocycles. The van der Waals surface area contributed by atoms with Crippen LogP contribution in [0.3, 0.4) is 0 Å². The van der Waals surface area contributed by atoms with Crippen LogP contribution in [0.2, 0.25) is 0 Å². The molecule has 0 spiro atoms. The lowest BCUT2D eigenvalue weighted by atomic mass is 9.93. The quantitative estimate of drug-likeness (QED) is 0.643. The van der Waals surface area contributed by atoms with Crippen molar-refractivity contribution >= 4 is 0 Å². The molecular weight excluding hydrogens is 172 g/mol. The van der Waals surface area contributed by atoms with Gasteiger partial charge < -0.3 is 4.90 Å². The minimum atomic E-state index is 0.721. The minimum Gasteiger partial charge on any atom is -0.301 e. The van der Waals surface area contributed by atoms with Gasteiger partial charge in [0.1, 0.15) is 0 Å². The molecular formula is C12H22N2. The molecule has 0 radical (unpaired) electrons. The van der Waals surface area contributed by atoms with Crippen LogP contribution in [0.1, 0.15) is 46.0 Å². The van der Waals surface area contributed by atoms with Crippen LogP contribution in [0, 0.1) is 17.2 Å². The van der Waals surface area contributed by atoms with E-state index in [0.29, 0.717) is 0 Å². The average Bonchev–Trinajstić information content (AvgIpc) is 2.15. The van der Waals surface area contributed by atoms with Gasteiger partial charge in [0, 0.05) is 12.5 Å². The van der Waals surface area contributed by atoms with Crippen molar-refractivity contribution in [2.75, 3.05) is 13.1 Å². The molecule has 0 aromatic rings. The van der Waals surface area contributed by atoms with E-state index >= 15 is 0 Å². The summed E-state index contributed by atoms with van der Waals surface area (Å²) in [4.78, 5) is 2.58. The standard InChI is InChI=1S/C12H22N2/c1-11-6-9-14(12(2)10-11)8-5-3-4-7-13/h11-12H,3-6,8-10H2,1-2H3. The molecule has 0 aromatic heterocycles. The largest absolute Gasteiger partial charge is 0.301 e. The summed E-state index contributed by atoms with van der Waals surface area (Å²) in [5, 5.41) is 8.43. The van der Waals surface area contributed by atoms with Gasteiger partial charge in [-0.2, -0.15) is 5.26 Å². The lowest BCUT2D eigenvalue weighted by Gasteiger charge is -2.36. The Kier molecular flexibility index (Phi) is 4.97. The third kappa shape index (κ3) is 3.67. The van der Waals surface area contributed by atoms with Gasteiger partial charge in [-0.25, -0.2) is 0 Å². The summed E-state index contributed by atoms with van der Waals surface area (Å²) in [6.07, 6.45) is 5.67. The number of unbranched alkanes of at least 4 members (excludes halogenated alkanes) is 2. The number of likely N-dealkylation sites (tertiary alicyclic amines) is 1. The van der Waals surface area contributed by atoms with Crippen LogP contribution in [0.4, 0.5) is 0 Å². The molecule has 0 saturated carbocycles. The van der Waals surface area contributed by atoms with Gasteiger partial charge in [0.05, 0.1) is 6.07 Å². The summed E-state index contributed by atoms with van der Waals surface area (Å²) >= 11 is 0. The first kappa shape index (κ1) is 11.5. The first-order chi connectivity index (χ1) is 6.74. The van der Waals surface area contributed by atoms with E-state index < -0.39 is 0 Å². The van der Waals surface area contributed by atoms with Gasteiger partial charge in [0.2, 0.25) is 0 Å². The second-order valence-corrected chi connectivity index (χ2v) is 4.63. The van der Waals surface area contributed by atoms with E-state index in [-0.39, 0.29) is 0 Å². The fourth-order valence-corrected chi connectivity index (χ4v) is 2.31. The van der Waals surface area contributed by atoms with Crippen LogP contribution in [0.25, 0.3) is 0 Å². The molecule has 14 heavy (non-hydrogen) atoms. The van der Waals surface area contributed by atoms with Crippen molar-refractivity contribution in [2.45, 2.75) is 52.0 Å². The van der Waals surface area contributed by atoms with Gasteiger partial charge in [-0.15, -0.1) is 0 Å². The van der Waals surface area contributed by atoms with Gasteiger partial charge in [-0.3, -0.25) is 0 Å². The highest BCUT2D eigenvalue weighted by atomic mass is 15.2. The molecule has 0 N–H and O–H groups in total. The summed E-state index contributed by atoms with van der Waals surface area (Å²) in [5.74, 6) is 0.903. The van der Waals surface area contributed by atoms with Crippen molar-refractivity contribution in [3.8, 4) is 6.07 Å². The molecule has 80 valence electrons. The highest BCUT2D eigenvalue weighted by Gasteiger charge is 2.21. The molecule has 1 fully saturated rings. The van der Waals surface area contributed by atoms with E-state index in [1.165, 1.54) is 32.4 Å². The highest BCUT2D eigenvalue weighted by Crippen LogP contribution is 2.22. The fourth-order valence-electron chi connectivity index (χ4n) is 2.31. The molecule has 0 bridgehead atoms. The SMILES string of the molecule is CC1CCN(CCCCC#N)C(C)C1. The van der Waals surface area contributed by atoms with E-state index in [1.807, 2.05) is 0 Å². The van der Waals surface area contributed by atoms with Gasteiger partial charge in [-0.05, 0) is 51.6 Å². The normalized spacial score (nSPS) is 28.6. The maximum atomic E-state index is 8.43. The molecule has 1 saturated heterocycles. The number of hydrogen-bond donors (Lipinski definition) is 0. The summed E-state index contributed by atoms with van der Waals surface area (Å²) in [6.45, 7) is 7.13. The summed E-state index contributed by atoms with van der Waals surface area (Å²) < 4.78 is 0. The smallest absolute Gasteiger partial charge is 0.0621 e. The first-order valence-electron chi connectivity index (χ1n) is 5.85. The van der Waals surface area contributed by atoms with E-state index in [4.69, 9.17) is 5.26 Å². The molecule has 2 unspecified atom stereocenters. The van der Waals surface area contributed by atoms with Crippen molar-refractivity contribution in [2.24, 2.45) is 5.92 Å². The fraction of sp³-hybridized carbons (Fsp3) is 0.917. The Balaban J connectivity index is 2.15. The van der Waals surface area contributed by atoms with Crippen LogP contribution in [-0.4, -0.2) is 24.0 Å². The third-order valence-electron chi connectivity index (χ3n) is 3.26. The van der Waals surface area contributed by atoms with Crippen molar-refractivity contribution < 1.29 is 0 Å². The monoisotopic (exact) mass is 194 g/mol. The van der Waals surface area contributed by atoms with Crippen molar-refractivity contribution in [3.63, 3.8) is 0 Å². The topological polar surface area (TPSA) is 27.0 Å². The number of hydrogen-bond acceptors (Lipinski definition) is 2. The van der Waals surface area contributed by atoms with Crippen molar-refractivity contribution in [1.82, 2.24) is 4.90 Å². The maximum Gasteiger partial charge on any atom is 0.0621 e. The predicted octanol–water partition coefficient (Wildman–Crippen LogP) is 2.80. The number of piperidine rings is 1. The summed E-state index contributed by atoms with van der Waals surface area (Å²) in [6, 6.07) is 2.96. The van der Waals surface area contributed by atoms with Crippen LogP contribution < -0.4 is 0 Å². The molecule has 1 heterocycles. The second-order valence-electron chi connectivity index (χ2n) is 4.63. The number of nitrogens with zero attached hydrogens (tertiary/aromatic N) is 2. The summed E-state index contributed by atoms with van der Waals surface area (Å²) in [7, 11) is 0. The van der Waals surface area contributed by atoms with Crippen molar-refractivity contribution in [1.29, 1.82) is 5.26 Å². The van der Waals surface area contributed by atoms with Crippen LogP contribution in [0.5, 0.6) is 0 Å². The second kappa shape index (κ2) is 6.03. The Bertz CT molecular complexity index is 195. The van der Waals surface area contributed by atoms with Crippen molar-refractivity contribution in [3.05, 3.63) is 0 Å². The molecule has 1 rings (SSSR count). The number of nitriles is 1. The lowest BCUT2D eigenvalue weighted by molar-refractivity contribution is 0.127. The Morgan fingerprint density at radius 1 is 1.36 bits per heavy atom. The lowest BCUT2D eigenvalue weighted by Crippen LogP contribution is -2.40. The van der Waals surface area contributed by atoms with Crippen LogP contribution in [-0.2, 0) is 0 Å². The van der Waals surface area contributed by atoms with Gasteiger partial charge in [-0.1, -0.05) is 6.92 Å². The highest BCUT2D eigenvalue weighted by molar-refractivity contribution is 4.77. The predicted molar refractivity (Wildman–Crippen MR) is 58.9 cm³/mol. The Hall–Kier alpha value is -0.550. The van der Waals surface area contributed by atoms with E-state index in [0.717, 1.165) is 24.8 Å². The van der Waals surface area contributed by atoms with Crippen LogP contribution in [0.15, 0.2) is 0 Å². The Labute approximate surface area is 87.9 Å². The molecule has 1 aliphatic heterocycles. The zero-order valence-corrected chi connectivity index (χ0v) is 9.50. The zero-order valence-electron chi connectivity index (χ0n) is 9.50. The Morgan fingerprint density at radius 2 is 2.14 bits per heavy atom. The third-order valence-corrected chi connectivity index (χ3v) is 3.26. The maximum absolute atomic E-state index is 8.43. The first-order valence-corrected chi connectivity index (χ1v) is 5.85. The molecule has 2 nitrogen and oxygen atoms in total. The Morgan fingerprint density at radius 3 is 2.79 bits per heavy atom. The van der Waals surface area contributed by atoms with Crippen LogP contribution >= 0.6 is 0 Å². The average molecular weight is 194 g/mol. The summed E-state index contributed by atoms with van der Waals surface area (Å²) in [5.41, 5.74) is 0. The van der Waals surface area contributed by atoms with E-state index in [2.05, 4.69) is 24.8 Å². The van der Waals surface area contributed by atoms with Gasteiger partial charge in [0.25, 0.3) is 0 Å². The molecule has 2 atom stereocenters. The number of rotatable bonds is 4. The van der Waals surface area contributed by atoms with E-state index in [1.54, 1.807) is 0 Å². The molecule has 0 aromatic carbocycles. The zero-order chi connectivity index (χ0) is 10.4. The van der Waals surface area contributed by atoms with E-state index in [9.17, 15) is 0 Å². The van der Waals surface area contributed by atoms with Gasteiger partial charge in [0.15, 0.2) is 0 Å². The van der Waals surface area contributed by atoms with Gasteiger partial charge >= 0.3 is 0 Å². The minimum absolute atomic E-state index is 0.721. The molecule has 2 heteroatoms. The molecule has 0 amide bonds. The molecule has 1 aliphatic rings.